The lowest BCUT2D eigenvalue weighted by molar-refractivity contribution is 0.201. The Kier molecular flexibility index (Phi) is 4.56. The highest BCUT2D eigenvalue weighted by Crippen LogP contribution is 2.22. The fourth-order valence-corrected chi connectivity index (χ4v) is 3.33. The topological polar surface area (TPSA) is 80.0 Å². The molecule has 3 heterocycles. The van der Waals surface area contributed by atoms with Gasteiger partial charge in [-0.05, 0) is 31.5 Å². The van der Waals surface area contributed by atoms with E-state index >= 15 is 0 Å². The van der Waals surface area contributed by atoms with Gasteiger partial charge < -0.3 is 9.84 Å². The second-order valence-corrected chi connectivity index (χ2v) is 6.42. The number of piperidine rings is 1. The molecule has 25 heavy (non-hydrogen) atoms. The minimum Gasteiger partial charge on any atom is -0.365 e. The molecule has 7 heteroatoms. The maximum absolute atomic E-state index is 5.21. The molecule has 0 aliphatic carbocycles. The Morgan fingerprint density at radius 2 is 2.20 bits per heavy atom. The van der Waals surface area contributed by atoms with Crippen LogP contribution in [0.15, 0.2) is 35.1 Å². The summed E-state index contributed by atoms with van der Waals surface area (Å²) in [4.78, 5) is 15.6. The van der Waals surface area contributed by atoms with Crippen molar-refractivity contribution in [2.24, 2.45) is 0 Å². The molecule has 2 aromatic heterocycles. The van der Waals surface area contributed by atoms with Crippen LogP contribution < -0.4 is 5.32 Å². The van der Waals surface area contributed by atoms with Crippen molar-refractivity contribution in [1.29, 1.82) is 0 Å². The summed E-state index contributed by atoms with van der Waals surface area (Å²) < 4.78 is 5.21. The second kappa shape index (κ2) is 7.14. The molecular weight excluding hydrogens is 316 g/mol. The van der Waals surface area contributed by atoms with Crippen LogP contribution in [0.1, 0.15) is 31.5 Å². The van der Waals surface area contributed by atoms with Crippen LogP contribution in [0.5, 0.6) is 0 Å². The molecule has 0 amide bonds. The lowest BCUT2D eigenvalue weighted by atomic mass is 10.1. The predicted octanol–water partition coefficient (Wildman–Crippen LogP) is 2.65. The summed E-state index contributed by atoms with van der Waals surface area (Å²) in [6.45, 7) is 4.74. The largest absolute Gasteiger partial charge is 0.365 e. The highest BCUT2D eigenvalue weighted by atomic mass is 16.5. The Labute approximate surface area is 146 Å². The van der Waals surface area contributed by atoms with E-state index in [1.165, 1.54) is 0 Å². The van der Waals surface area contributed by atoms with Crippen LogP contribution >= 0.6 is 0 Å². The number of aryl methyl sites for hydroxylation is 1. The van der Waals surface area contributed by atoms with Gasteiger partial charge in [-0.15, -0.1) is 0 Å². The van der Waals surface area contributed by atoms with Crippen molar-refractivity contribution in [1.82, 2.24) is 25.0 Å². The molecule has 1 atom stereocenters. The highest BCUT2D eigenvalue weighted by molar-refractivity contribution is 5.88. The van der Waals surface area contributed by atoms with E-state index in [0.717, 1.165) is 61.4 Å². The zero-order chi connectivity index (χ0) is 17.1. The number of anilines is 1. The van der Waals surface area contributed by atoms with E-state index in [1.54, 1.807) is 6.33 Å². The summed E-state index contributed by atoms with van der Waals surface area (Å²) in [5, 5.41) is 8.72. The van der Waals surface area contributed by atoms with Crippen LogP contribution in [0.4, 0.5) is 5.82 Å². The second-order valence-electron chi connectivity index (χ2n) is 6.42. The normalized spacial score (nSPS) is 18.5. The van der Waals surface area contributed by atoms with E-state index in [4.69, 9.17) is 4.52 Å². The number of likely N-dealkylation sites (tertiary alicyclic amines) is 1. The molecule has 0 spiro atoms. The van der Waals surface area contributed by atoms with Crippen LogP contribution in [0.2, 0.25) is 0 Å². The van der Waals surface area contributed by atoms with Crippen molar-refractivity contribution in [3.05, 3.63) is 42.3 Å². The molecule has 1 aliphatic heterocycles. The first-order valence-electron chi connectivity index (χ1n) is 8.82. The van der Waals surface area contributed by atoms with Gasteiger partial charge in [0.05, 0.1) is 12.1 Å². The van der Waals surface area contributed by atoms with Gasteiger partial charge in [-0.2, -0.15) is 4.98 Å². The molecule has 0 unspecified atom stereocenters. The van der Waals surface area contributed by atoms with Gasteiger partial charge in [-0.3, -0.25) is 4.90 Å². The summed E-state index contributed by atoms with van der Waals surface area (Å²) in [6.07, 6.45) is 4.66. The smallest absolute Gasteiger partial charge is 0.226 e. The van der Waals surface area contributed by atoms with Crippen molar-refractivity contribution in [3.63, 3.8) is 0 Å². The average Bonchev–Trinajstić information content (AvgIpc) is 3.10. The van der Waals surface area contributed by atoms with Crippen LogP contribution in [0, 0.1) is 0 Å². The molecule has 4 rings (SSSR count). The zero-order valence-corrected chi connectivity index (χ0v) is 14.4. The number of nitrogens with one attached hydrogen (secondary N) is 1. The molecule has 1 saturated heterocycles. The van der Waals surface area contributed by atoms with E-state index in [9.17, 15) is 0 Å². The third kappa shape index (κ3) is 3.61. The van der Waals surface area contributed by atoms with Crippen molar-refractivity contribution in [2.75, 3.05) is 18.4 Å². The minimum absolute atomic E-state index is 0.351. The number of fused-ring (bicyclic) bond motifs is 1. The lowest BCUT2D eigenvalue weighted by Gasteiger charge is -2.32. The number of rotatable bonds is 5. The summed E-state index contributed by atoms with van der Waals surface area (Å²) in [7, 11) is 0. The van der Waals surface area contributed by atoms with E-state index < -0.39 is 0 Å². The van der Waals surface area contributed by atoms with E-state index in [-0.39, 0.29) is 0 Å². The van der Waals surface area contributed by atoms with Gasteiger partial charge in [0.25, 0.3) is 0 Å². The van der Waals surface area contributed by atoms with Crippen LogP contribution in [0.25, 0.3) is 10.9 Å². The van der Waals surface area contributed by atoms with Crippen molar-refractivity contribution >= 4 is 16.7 Å². The van der Waals surface area contributed by atoms with Gasteiger partial charge in [0, 0.05) is 24.4 Å². The number of hydrogen-bond acceptors (Lipinski definition) is 7. The monoisotopic (exact) mass is 338 g/mol. The zero-order valence-electron chi connectivity index (χ0n) is 14.4. The molecule has 3 aromatic rings. The quantitative estimate of drug-likeness (QED) is 0.766. The summed E-state index contributed by atoms with van der Waals surface area (Å²) in [5.41, 5.74) is 0.964. The summed E-state index contributed by atoms with van der Waals surface area (Å²) in [6, 6.07) is 8.44. The molecule has 1 aliphatic rings. The van der Waals surface area contributed by atoms with E-state index in [1.807, 2.05) is 25.1 Å². The Morgan fingerprint density at radius 3 is 3.08 bits per heavy atom. The van der Waals surface area contributed by atoms with Gasteiger partial charge in [0.15, 0.2) is 5.82 Å². The molecule has 7 nitrogen and oxygen atoms in total. The fraction of sp³-hybridized carbons (Fsp3) is 0.444. The van der Waals surface area contributed by atoms with Gasteiger partial charge >= 0.3 is 0 Å². The first-order chi connectivity index (χ1) is 12.3. The molecule has 130 valence electrons. The number of nitrogens with zero attached hydrogens (tertiary/aromatic N) is 5. The Morgan fingerprint density at radius 1 is 1.28 bits per heavy atom. The fourth-order valence-electron chi connectivity index (χ4n) is 3.33. The maximum Gasteiger partial charge on any atom is 0.226 e. The van der Waals surface area contributed by atoms with E-state index in [0.29, 0.717) is 11.9 Å². The molecule has 0 radical (unpaired) electrons. The van der Waals surface area contributed by atoms with Crippen LogP contribution in [-0.2, 0) is 13.0 Å². The van der Waals surface area contributed by atoms with Gasteiger partial charge in [0.1, 0.15) is 12.1 Å². The van der Waals surface area contributed by atoms with Crippen LogP contribution in [0.3, 0.4) is 0 Å². The number of hydrogen-bond donors (Lipinski definition) is 1. The van der Waals surface area contributed by atoms with E-state index in [2.05, 4.69) is 36.4 Å². The Bertz CT molecular complexity index is 843. The molecule has 1 fully saturated rings. The van der Waals surface area contributed by atoms with Crippen molar-refractivity contribution < 1.29 is 4.52 Å². The maximum atomic E-state index is 5.21. The molecular formula is C18H22N6O. The van der Waals surface area contributed by atoms with Crippen LogP contribution in [-0.4, -0.2) is 44.1 Å². The number of para-hydroxylation sites is 1. The molecule has 1 aromatic carbocycles. The standard InChI is InChI=1S/C18H22N6O/c1-2-17-22-16(23-25-17)11-24-9-5-6-13(10-24)21-18-14-7-3-4-8-15(14)19-12-20-18/h3-4,7-8,12-13H,2,5-6,9-11H2,1H3,(H,19,20,21)/t13-/m1/s1. The predicted molar refractivity (Wildman–Crippen MR) is 95.1 cm³/mol. The average molecular weight is 338 g/mol. The van der Waals surface area contributed by atoms with Gasteiger partial charge in [-0.1, -0.05) is 24.2 Å². The summed E-state index contributed by atoms with van der Waals surface area (Å²) >= 11 is 0. The first kappa shape index (κ1) is 16.0. The van der Waals surface area contributed by atoms with Gasteiger partial charge in [0.2, 0.25) is 5.89 Å². The van der Waals surface area contributed by atoms with Gasteiger partial charge in [-0.25, -0.2) is 9.97 Å². The number of benzene rings is 1. The van der Waals surface area contributed by atoms with Crippen molar-refractivity contribution in [2.45, 2.75) is 38.8 Å². The van der Waals surface area contributed by atoms with Crippen molar-refractivity contribution in [3.8, 4) is 0 Å². The third-order valence-electron chi connectivity index (χ3n) is 4.57. The lowest BCUT2D eigenvalue weighted by Crippen LogP contribution is -2.42. The SMILES string of the molecule is CCc1nc(CN2CCC[C@@H](Nc3ncnc4ccccc34)C2)no1. The molecule has 1 N–H and O–H groups in total. The molecule has 0 saturated carbocycles. The highest BCUT2D eigenvalue weighted by Gasteiger charge is 2.22. The minimum atomic E-state index is 0.351. The number of aromatic nitrogens is 4. The third-order valence-corrected chi connectivity index (χ3v) is 4.57. The Balaban J connectivity index is 1.44. The molecule has 0 bridgehead atoms. The summed E-state index contributed by atoms with van der Waals surface area (Å²) in [5.74, 6) is 2.38. The Hall–Kier alpha value is -2.54. The first-order valence-corrected chi connectivity index (χ1v) is 8.82.